The van der Waals surface area contributed by atoms with E-state index in [2.05, 4.69) is 9.97 Å². The molecule has 0 atom stereocenters. The molecular weight excluding hydrogens is 422 g/mol. The van der Waals surface area contributed by atoms with Crippen LogP contribution < -0.4 is 9.64 Å². The summed E-state index contributed by atoms with van der Waals surface area (Å²) in [7, 11) is 1.41. The van der Waals surface area contributed by atoms with Gasteiger partial charge in [-0.2, -0.15) is 4.98 Å². The van der Waals surface area contributed by atoms with Crippen LogP contribution in [0.5, 0.6) is 5.88 Å². The van der Waals surface area contributed by atoms with Crippen molar-refractivity contribution in [2.45, 2.75) is 13.0 Å². The summed E-state index contributed by atoms with van der Waals surface area (Å²) >= 11 is 6.05. The SMILES string of the molecule is COc1ccnc(C(=O)CC(=O)N(Cc2cccc(Cl)c2)c2ccc(C(=O)O)cc2)n1. The molecule has 0 fully saturated rings. The lowest BCUT2D eigenvalue weighted by Gasteiger charge is -2.23. The Morgan fingerprint density at radius 1 is 1.10 bits per heavy atom. The number of benzene rings is 2. The van der Waals surface area contributed by atoms with Gasteiger partial charge in [0.2, 0.25) is 17.6 Å². The van der Waals surface area contributed by atoms with Crippen LogP contribution >= 0.6 is 11.6 Å². The highest BCUT2D eigenvalue weighted by molar-refractivity contribution is 6.30. The molecule has 0 unspecified atom stereocenters. The Morgan fingerprint density at radius 2 is 1.84 bits per heavy atom. The fraction of sp³-hybridized carbons (Fsp3) is 0.136. The molecule has 3 rings (SSSR count). The Hall–Kier alpha value is -3.78. The molecule has 1 heterocycles. The molecule has 2 aromatic carbocycles. The van der Waals surface area contributed by atoms with E-state index in [1.807, 2.05) is 0 Å². The Kier molecular flexibility index (Phi) is 6.94. The molecule has 0 aliphatic heterocycles. The number of amides is 1. The van der Waals surface area contributed by atoms with Crippen LogP contribution in [0.4, 0.5) is 5.69 Å². The monoisotopic (exact) mass is 439 g/mol. The van der Waals surface area contributed by atoms with E-state index in [-0.39, 0.29) is 23.8 Å². The van der Waals surface area contributed by atoms with Crippen molar-refractivity contribution in [1.29, 1.82) is 0 Å². The topological polar surface area (TPSA) is 110 Å². The lowest BCUT2D eigenvalue weighted by Crippen LogP contribution is -2.32. The van der Waals surface area contributed by atoms with Gasteiger partial charge in [-0.25, -0.2) is 9.78 Å². The van der Waals surface area contributed by atoms with Crippen molar-refractivity contribution in [3.05, 3.63) is 82.8 Å². The van der Waals surface area contributed by atoms with Crippen LogP contribution in [0.2, 0.25) is 5.02 Å². The number of aromatic carboxylic acids is 1. The molecule has 0 aliphatic rings. The van der Waals surface area contributed by atoms with E-state index in [9.17, 15) is 14.4 Å². The first kappa shape index (κ1) is 21.9. The van der Waals surface area contributed by atoms with Gasteiger partial charge in [-0.3, -0.25) is 9.59 Å². The predicted molar refractivity (Wildman–Crippen MR) is 114 cm³/mol. The summed E-state index contributed by atoms with van der Waals surface area (Å²) in [5.41, 5.74) is 1.27. The lowest BCUT2D eigenvalue weighted by molar-refractivity contribution is -0.117. The van der Waals surface area contributed by atoms with Crippen LogP contribution in [0, 0.1) is 0 Å². The van der Waals surface area contributed by atoms with Crippen LogP contribution in [-0.2, 0) is 11.3 Å². The normalized spacial score (nSPS) is 10.4. The molecule has 0 saturated carbocycles. The number of ether oxygens (including phenoxy) is 1. The molecule has 3 aromatic rings. The first-order valence-electron chi connectivity index (χ1n) is 9.16. The van der Waals surface area contributed by atoms with Crippen LogP contribution in [0.25, 0.3) is 0 Å². The molecule has 31 heavy (non-hydrogen) atoms. The second-order valence-electron chi connectivity index (χ2n) is 6.48. The quantitative estimate of drug-likeness (QED) is 0.421. The highest BCUT2D eigenvalue weighted by Gasteiger charge is 2.22. The number of carbonyl (C=O) groups is 3. The molecule has 0 aliphatic carbocycles. The number of aromatic nitrogens is 2. The predicted octanol–water partition coefficient (Wildman–Crippen LogP) is 3.64. The third-order valence-electron chi connectivity index (χ3n) is 4.36. The number of halogens is 1. The highest BCUT2D eigenvalue weighted by atomic mass is 35.5. The maximum atomic E-state index is 13.1. The summed E-state index contributed by atoms with van der Waals surface area (Å²) in [5, 5.41) is 9.62. The first-order chi connectivity index (χ1) is 14.9. The van der Waals surface area contributed by atoms with E-state index in [1.54, 1.807) is 24.3 Å². The van der Waals surface area contributed by atoms with Gasteiger partial charge in [0.25, 0.3) is 0 Å². The van der Waals surface area contributed by atoms with Gasteiger partial charge in [-0.05, 0) is 42.0 Å². The summed E-state index contributed by atoms with van der Waals surface area (Å²) < 4.78 is 4.99. The minimum absolute atomic E-state index is 0.0831. The van der Waals surface area contributed by atoms with Gasteiger partial charge in [-0.15, -0.1) is 0 Å². The first-order valence-corrected chi connectivity index (χ1v) is 9.53. The van der Waals surface area contributed by atoms with Crippen LogP contribution in [-0.4, -0.2) is 39.8 Å². The fourth-order valence-electron chi connectivity index (χ4n) is 2.83. The molecule has 1 amide bonds. The number of hydrogen-bond donors (Lipinski definition) is 1. The second-order valence-corrected chi connectivity index (χ2v) is 6.92. The zero-order valence-corrected chi connectivity index (χ0v) is 17.2. The summed E-state index contributed by atoms with van der Waals surface area (Å²) in [5.74, 6) is -2.06. The molecule has 9 heteroatoms. The number of methoxy groups -OCH3 is 1. The third kappa shape index (κ3) is 5.64. The molecule has 0 spiro atoms. The maximum Gasteiger partial charge on any atom is 0.335 e. The van der Waals surface area contributed by atoms with E-state index in [0.29, 0.717) is 10.7 Å². The van der Waals surface area contributed by atoms with E-state index in [4.69, 9.17) is 21.4 Å². The molecule has 158 valence electrons. The smallest absolute Gasteiger partial charge is 0.335 e. The van der Waals surface area contributed by atoms with E-state index in [1.165, 1.54) is 48.5 Å². The zero-order chi connectivity index (χ0) is 22.4. The number of ketones is 1. The van der Waals surface area contributed by atoms with Crippen molar-refractivity contribution >= 4 is 34.9 Å². The molecule has 0 saturated heterocycles. The minimum Gasteiger partial charge on any atom is -0.481 e. The molecule has 0 radical (unpaired) electrons. The van der Waals surface area contributed by atoms with Crippen molar-refractivity contribution in [3.63, 3.8) is 0 Å². The number of rotatable bonds is 8. The van der Waals surface area contributed by atoms with Crippen LogP contribution in [0.1, 0.15) is 33.0 Å². The Labute approximate surface area is 183 Å². The lowest BCUT2D eigenvalue weighted by atomic mass is 10.1. The summed E-state index contributed by atoms with van der Waals surface area (Å²) in [6.45, 7) is 0.137. The molecule has 0 bridgehead atoms. The second kappa shape index (κ2) is 9.82. The average Bonchev–Trinajstić information content (AvgIpc) is 2.77. The summed E-state index contributed by atoms with van der Waals surface area (Å²) in [4.78, 5) is 46.0. The standard InChI is InChI=1S/C22H18ClN3O5/c1-31-19-9-10-24-21(25-19)18(27)12-20(28)26(13-14-3-2-4-16(23)11-14)17-7-5-15(6-8-17)22(29)30/h2-11H,12-13H2,1H3,(H,29,30). The highest BCUT2D eigenvalue weighted by Crippen LogP contribution is 2.21. The van der Waals surface area contributed by atoms with E-state index in [0.717, 1.165) is 5.56 Å². The number of hydrogen-bond acceptors (Lipinski definition) is 6. The third-order valence-corrected chi connectivity index (χ3v) is 4.59. The van der Waals surface area contributed by atoms with Gasteiger partial charge in [-0.1, -0.05) is 23.7 Å². The minimum atomic E-state index is -1.08. The Bertz CT molecular complexity index is 1120. The van der Waals surface area contributed by atoms with Crippen molar-refractivity contribution in [1.82, 2.24) is 9.97 Å². The van der Waals surface area contributed by atoms with E-state index >= 15 is 0 Å². The van der Waals surface area contributed by atoms with Gasteiger partial charge in [0.1, 0.15) is 0 Å². The molecule has 1 aromatic heterocycles. The largest absolute Gasteiger partial charge is 0.481 e. The number of carboxylic acid groups (broad SMARTS) is 1. The van der Waals surface area contributed by atoms with Crippen molar-refractivity contribution in [3.8, 4) is 5.88 Å². The maximum absolute atomic E-state index is 13.1. The molecular formula is C22H18ClN3O5. The van der Waals surface area contributed by atoms with Gasteiger partial charge in [0, 0.05) is 23.0 Å². The number of Topliss-reactive ketones (excluding diaryl/α,β-unsaturated/α-hetero) is 1. The number of anilines is 1. The number of nitrogens with zero attached hydrogens (tertiary/aromatic N) is 3. The molecule has 1 N–H and O–H groups in total. The number of carbonyl (C=O) groups excluding carboxylic acids is 2. The summed E-state index contributed by atoms with van der Waals surface area (Å²) in [6, 6.07) is 14.3. The average molecular weight is 440 g/mol. The van der Waals surface area contributed by atoms with Gasteiger partial charge < -0.3 is 14.7 Å². The van der Waals surface area contributed by atoms with E-state index < -0.39 is 24.1 Å². The van der Waals surface area contributed by atoms with Crippen LogP contribution in [0.3, 0.4) is 0 Å². The van der Waals surface area contributed by atoms with Gasteiger partial charge in [0.15, 0.2) is 5.82 Å². The van der Waals surface area contributed by atoms with Crippen LogP contribution in [0.15, 0.2) is 60.8 Å². The number of carboxylic acids is 1. The Morgan fingerprint density at radius 3 is 2.48 bits per heavy atom. The van der Waals surface area contributed by atoms with Crippen molar-refractivity contribution in [2.24, 2.45) is 0 Å². The fourth-order valence-corrected chi connectivity index (χ4v) is 3.04. The van der Waals surface area contributed by atoms with Gasteiger partial charge >= 0.3 is 5.97 Å². The summed E-state index contributed by atoms with van der Waals surface area (Å²) in [6.07, 6.45) is 0.895. The Balaban J connectivity index is 1.87. The zero-order valence-electron chi connectivity index (χ0n) is 16.5. The van der Waals surface area contributed by atoms with Crippen molar-refractivity contribution in [2.75, 3.05) is 12.0 Å². The van der Waals surface area contributed by atoms with Gasteiger partial charge in [0.05, 0.1) is 25.6 Å². The van der Waals surface area contributed by atoms with Crippen molar-refractivity contribution < 1.29 is 24.2 Å². The molecule has 8 nitrogen and oxygen atoms in total.